The van der Waals surface area contributed by atoms with Crippen LogP contribution in [0, 0.1) is 0 Å². The van der Waals surface area contributed by atoms with Crippen molar-refractivity contribution < 1.29 is 14.7 Å². The summed E-state index contributed by atoms with van der Waals surface area (Å²) in [4.78, 5) is 22.7. The summed E-state index contributed by atoms with van der Waals surface area (Å²) in [6, 6.07) is 5.52. The Labute approximate surface area is 97.5 Å². The molecule has 0 radical (unpaired) electrons. The quantitative estimate of drug-likeness (QED) is 0.661. The maximum Gasteiger partial charge on any atom is 0.338 e. The van der Waals surface area contributed by atoms with Crippen LogP contribution in [0.25, 0.3) is 0 Å². The molecule has 88 valence electrons. The van der Waals surface area contributed by atoms with E-state index < -0.39 is 6.03 Å². The van der Waals surface area contributed by atoms with Crippen LogP contribution in [-0.4, -0.2) is 28.6 Å². The molecule has 17 heavy (non-hydrogen) atoms. The summed E-state index contributed by atoms with van der Waals surface area (Å²) in [5.41, 5.74) is 2.93. The second-order valence-electron chi connectivity index (χ2n) is 3.46. The van der Waals surface area contributed by atoms with Crippen molar-refractivity contribution in [3.63, 3.8) is 0 Å². The van der Waals surface area contributed by atoms with E-state index in [9.17, 15) is 9.59 Å². The SMILES string of the molecule is O=C(Nc1ccc(O)cc1)NN1CC=CC1=O. The number of hydrazine groups is 1. The first-order valence-corrected chi connectivity index (χ1v) is 5.00. The Morgan fingerprint density at radius 3 is 2.59 bits per heavy atom. The standard InChI is InChI=1S/C11H11N3O3/c15-9-5-3-8(4-6-9)12-11(17)13-14-7-1-2-10(14)16/h1-6,15H,7H2,(H2,12,13,17). The Kier molecular flexibility index (Phi) is 2.95. The van der Waals surface area contributed by atoms with Gasteiger partial charge in [0.2, 0.25) is 0 Å². The van der Waals surface area contributed by atoms with Crippen LogP contribution < -0.4 is 10.7 Å². The molecule has 0 atom stereocenters. The van der Waals surface area contributed by atoms with Crippen LogP contribution in [0.2, 0.25) is 0 Å². The molecule has 6 nitrogen and oxygen atoms in total. The molecule has 6 heteroatoms. The zero-order valence-corrected chi connectivity index (χ0v) is 8.88. The number of hydrogen-bond donors (Lipinski definition) is 3. The highest BCUT2D eigenvalue weighted by Crippen LogP contribution is 2.13. The molecular weight excluding hydrogens is 222 g/mol. The van der Waals surface area contributed by atoms with Crippen LogP contribution in [0.5, 0.6) is 5.75 Å². The number of urea groups is 1. The van der Waals surface area contributed by atoms with E-state index >= 15 is 0 Å². The van der Waals surface area contributed by atoms with Gasteiger partial charge in [-0.15, -0.1) is 0 Å². The average Bonchev–Trinajstić information content (AvgIpc) is 2.68. The van der Waals surface area contributed by atoms with Gasteiger partial charge in [-0.3, -0.25) is 4.79 Å². The van der Waals surface area contributed by atoms with Crippen molar-refractivity contribution >= 4 is 17.6 Å². The first-order valence-electron chi connectivity index (χ1n) is 5.00. The second-order valence-corrected chi connectivity index (χ2v) is 3.46. The second kappa shape index (κ2) is 4.56. The van der Waals surface area contributed by atoms with Crippen LogP contribution in [0.1, 0.15) is 0 Å². The largest absolute Gasteiger partial charge is 0.508 e. The molecule has 0 bridgehead atoms. The van der Waals surface area contributed by atoms with Crippen molar-refractivity contribution in [1.29, 1.82) is 0 Å². The number of rotatable bonds is 2. The van der Waals surface area contributed by atoms with Gasteiger partial charge in [0.15, 0.2) is 0 Å². The van der Waals surface area contributed by atoms with Gasteiger partial charge in [0.05, 0.1) is 6.54 Å². The van der Waals surface area contributed by atoms with Gasteiger partial charge in [-0.2, -0.15) is 0 Å². The predicted octanol–water partition coefficient (Wildman–Crippen LogP) is 0.827. The topological polar surface area (TPSA) is 81.7 Å². The highest BCUT2D eigenvalue weighted by molar-refractivity contribution is 5.94. The van der Waals surface area contributed by atoms with Crippen LogP contribution >= 0.6 is 0 Å². The van der Waals surface area contributed by atoms with Gasteiger partial charge in [0.25, 0.3) is 5.91 Å². The van der Waals surface area contributed by atoms with Crippen molar-refractivity contribution in [3.8, 4) is 5.75 Å². The fraction of sp³-hybridized carbons (Fsp3) is 0.0909. The third-order valence-corrected chi connectivity index (χ3v) is 2.18. The van der Waals surface area contributed by atoms with E-state index in [0.29, 0.717) is 12.2 Å². The van der Waals surface area contributed by atoms with Crippen molar-refractivity contribution in [3.05, 3.63) is 36.4 Å². The van der Waals surface area contributed by atoms with Crippen LogP contribution in [0.3, 0.4) is 0 Å². The van der Waals surface area contributed by atoms with Gasteiger partial charge in [0.1, 0.15) is 5.75 Å². The molecule has 0 unspecified atom stereocenters. The van der Waals surface area contributed by atoms with E-state index in [0.717, 1.165) is 0 Å². The van der Waals surface area contributed by atoms with Gasteiger partial charge in [-0.05, 0) is 24.3 Å². The number of carbonyl (C=O) groups excluding carboxylic acids is 2. The highest BCUT2D eigenvalue weighted by Gasteiger charge is 2.16. The average molecular weight is 233 g/mol. The van der Waals surface area contributed by atoms with E-state index in [-0.39, 0.29) is 11.7 Å². The molecule has 0 saturated carbocycles. The van der Waals surface area contributed by atoms with Crippen molar-refractivity contribution in [2.24, 2.45) is 0 Å². The highest BCUT2D eigenvalue weighted by atomic mass is 16.3. The summed E-state index contributed by atoms with van der Waals surface area (Å²) >= 11 is 0. The number of amides is 3. The van der Waals surface area contributed by atoms with Crippen molar-refractivity contribution in [2.75, 3.05) is 11.9 Å². The Hall–Kier alpha value is -2.50. The molecule has 1 aliphatic heterocycles. The molecule has 0 fully saturated rings. The summed E-state index contributed by atoms with van der Waals surface area (Å²) in [5.74, 6) is -0.138. The molecule has 3 amide bonds. The predicted molar refractivity (Wildman–Crippen MR) is 61.1 cm³/mol. The molecule has 0 aromatic heterocycles. The maximum absolute atomic E-state index is 11.5. The fourth-order valence-electron chi connectivity index (χ4n) is 1.37. The summed E-state index contributed by atoms with van der Waals surface area (Å²) in [5, 5.41) is 12.8. The van der Waals surface area contributed by atoms with E-state index in [1.807, 2.05) is 0 Å². The van der Waals surface area contributed by atoms with Crippen LogP contribution in [0.15, 0.2) is 36.4 Å². The van der Waals surface area contributed by atoms with E-state index in [1.165, 1.54) is 23.2 Å². The minimum absolute atomic E-state index is 0.120. The molecule has 0 saturated heterocycles. The zero-order chi connectivity index (χ0) is 12.3. The molecule has 1 heterocycles. The summed E-state index contributed by atoms with van der Waals surface area (Å²) < 4.78 is 0. The van der Waals surface area contributed by atoms with Gasteiger partial charge >= 0.3 is 6.03 Å². The lowest BCUT2D eigenvalue weighted by Gasteiger charge is -2.17. The van der Waals surface area contributed by atoms with Gasteiger partial charge in [-0.1, -0.05) is 6.08 Å². The first-order chi connectivity index (χ1) is 8.15. The number of benzene rings is 1. The van der Waals surface area contributed by atoms with E-state index in [1.54, 1.807) is 18.2 Å². The zero-order valence-electron chi connectivity index (χ0n) is 8.88. The fourth-order valence-corrected chi connectivity index (χ4v) is 1.37. The number of carbonyl (C=O) groups is 2. The minimum atomic E-state index is -0.507. The number of nitrogens with zero attached hydrogens (tertiary/aromatic N) is 1. The molecular formula is C11H11N3O3. The monoisotopic (exact) mass is 233 g/mol. The molecule has 3 N–H and O–H groups in total. The molecule has 1 aromatic carbocycles. The third-order valence-electron chi connectivity index (χ3n) is 2.18. The van der Waals surface area contributed by atoms with Crippen LogP contribution in [-0.2, 0) is 4.79 Å². The molecule has 1 aromatic rings. The number of phenols is 1. The van der Waals surface area contributed by atoms with Crippen LogP contribution in [0.4, 0.5) is 10.5 Å². The molecule has 0 spiro atoms. The Morgan fingerprint density at radius 1 is 1.29 bits per heavy atom. The Bertz CT molecular complexity index is 467. The smallest absolute Gasteiger partial charge is 0.338 e. The maximum atomic E-state index is 11.5. The Morgan fingerprint density at radius 2 is 2.00 bits per heavy atom. The third kappa shape index (κ3) is 2.75. The number of aromatic hydroxyl groups is 1. The summed E-state index contributed by atoms with van der Waals surface area (Å²) in [7, 11) is 0. The van der Waals surface area contributed by atoms with Crippen molar-refractivity contribution in [2.45, 2.75) is 0 Å². The van der Waals surface area contributed by atoms with Crippen molar-refractivity contribution in [1.82, 2.24) is 10.4 Å². The minimum Gasteiger partial charge on any atom is -0.508 e. The molecule has 1 aliphatic rings. The summed E-state index contributed by atoms with van der Waals surface area (Å²) in [6.07, 6.45) is 3.05. The van der Waals surface area contributed by atoms with Gasteiger partial charge in [0, 0.05) is 11.8 Å². The first kappa shape index (κ1) is 11.0. The lowest BCUT2D eigenvalue weighted by Crippen LogP contribution is -2.45. The Balaban J connectivity index is 1.89. The number of phenolic OH excluding ortho intramolecular Hbond substituents is 1. The number of nitrogens with one attached hydrogen (secondary N) is 2. The van der Waals surface area contributed by atoms with E-state index in [2.05, 4.69) is 10.7 Å². The molecule has 0 aliphatic carbocycles. The normalized spacial score (nSPS) is 13.9. The lowest BCUT2D eigenvalue weighted by molar-refractivity contribution is -0.126. The number of anilines is 1. The van der Waals surface area contributed by atoms with E-state index in [4.69, 9.17) is 5.11 Å². The van der Waals surface area contributed by atoms with Gasteiger partial charge in [-0.25, -0.2) is 15.2 Å². The number of hydrogen-bond acceptors (Lipinski definition) is 3. The lowest BCUT2D eigenvalue weighted by atomic mass is 10.3. The van der Waals surface area contributed by atoms with Gasteiger partial charge < -0.3 is 10.4 Å². The summed E-state index contributed by atoms with van der Waals surface area (Å²) in [6.45, 7) is 0.363. The molecule has 2 rings (SSSR count).